The Balaban J connectivity index is 1.61. The zero-order valence-corrected chi connectivity index (χ0v) is 12.7. The lowest BCUT2D eigenvalue weighted by Crippen LogP contribution is -2.20. The van der Waals surface area contributed by atoms with Gasteiger partial charge in [0.1, 0.15) is 0 Å². The number of anilines is 1. The smallest absolute Gasteiger partial charge is 0.0905 e. The molecule has 0 bridgehead atoms. The van der Waals surface area contributed by atoms with Gasteiger partial charge >= 0.3 is 0 Å². The van der Waals surface area contributed by atoms with Gasteiger partial charge in [-0.3, -0.25) is 9.97 Å². The molecule has 0 radical (unpaired) electrons. The second kappa shape index (κ2) is 5.09. The van der Waals surface area contributed by atoms with Gasteiger partial charge in [0.05, 0.1) is 11.7 Å². The minimum Gasteiger partial charge on any atom is -0.384 e. The molecule has 4 rings (SSSR count). The van der Waals surface area contributed by atoms with Crippen LogP contribution < -0.4 is 5.32 Å². The van der Waals surface area contributed by atoms with E-state index in [1.165, 1.54) is 24.0 Å². The van der Waals surface area contributed by atoms with E-state index in [9.17, 15) is 0 Å². The molecule has 0 unspecified atom stereocenters. The summed E-state index contributed by atoms with van der Waals surface area (Å²) < 4.78 is 0. The first-order chi connectivity index (χ1) is 10.8. The van der Waals surface area contributed by atoms with Crippen LogP contribution in [0.5, 0.6) is 0 Å². The molecule has 1 aromatic carbocycles. The third-order valence-corrected chi connectivity index (χ3v) is 4.73. The van der Waals surface area contributed by atoms with E-state index in [0.29, 0.717) is 5.41 Å². The number of fused-ring (bicyclic) bond motifs is 1. The van der Waals surface area contributed by atoms with Crippen LogP contribution in [0.2, 0.25) is 0 Å². The molecular formula is C19H19N3. The topological polar surface area (TPSA) is 37.8 Å². The van der Waals surface area contributed by atoms with Crippen molar-refractivity contribution >= 4 is 16.6 Å². The van der Waals surface area contributed by atoms with E-state index in [2.05, 4.69) is 52.5 Å². The molecule has 3 heteroatoms. The van der Waals surface area contributed by atoms with Crippen molar-refractivity contribution in [3.8, 4) is 0 Å². The number of rotatable bonds is 4. The zero-order valence-electron chi connectivity index (χ0n) is 12.7. The molecule has 0 atom stereocenters. The first kappa shape index (κ1) is 13.3. The summed E-state index contributed by atoms with van der Waals surface area (Å²) in [6.45, 7) is 3.18. The maximum absolute atomic E-state index is 4.37. The largest absolute Gasteiger partial charge is 0.384 e. The van der Waals surface area contributed by atoms with Crippen LogP contribution in [-0.4, -0.2) is 16.5 Å². The average Bonchev–Trinajstić information content (AvgIpc) is 3.34. The highest BCUT2D eigenvalue weighted by molar-refractivity contribution is 5.90. The number of hydrogen-bond acceptors (Lipinski definition) is 3. The normalized spacial score (nSPS) is 15.7. The highest BCUT2D eigenvalue weighted by Gasteiger charge is 2.44. The molecule has 0 saturated heterocycles. The van der Waals surface area contributed by atoms with E-state index in [4.69, 9.17) is 0 Å². The van der Waals surface area contributed by atoms with Crippen LogP contribution in [0.4, 0.5) is 5.69 Å². The quantitative estimate of drug-likeness (QED) is 0.786. The number of pyridine rings is 2. The maximum Gasteiger partial charge on any atom is 0.0905 e. The van der Waals surface area contributed by atoms with Crippen LogP contribution in [0.25, 0.3) is 10.9 Å². The van der Waals surface area contributed by atoms with Crippen molar-refractivity contribution < 1.29 is 0 Å². The van der Waals surface area contributed by atoms with Gasteiger partial charge in [0.2, 0.25) is 0 Å². The predicted octanol–water partition coefficient (Wildman–Crippen LogP) is 4.08. The van der Waals surface area contributed by atoms with Gasteiger partial charge in [-0.25, -0.2) is 0 Å². The molecular weight excluding hydrogens is 270 g/mol. The molecule has 3 aromatic rings. The van der Waals surface area contributed by atoms with Crippen LogP contribution in [0.1, 0.15) is 24.0 Å². The van der Waals surface area contributed by atoms with Crippen LogP contribution in [0.3, 0.4) is 0 Å². The molecule has 1 aliphatic rings. The van der Waals surface area contributed by atoms with Crippen molar-refractivity contribution in [2.45, 2.75) is 25.2 Å². The van der Waals surface area contributed by atoms with Gasteiger partial charge in [-0.05, 0) is 43.0 Å². The Kier molecular flexibility index (Phi) is 3.07. The van der Waals surface area contributed by atoms with Crippen molar-refractivity contribution in [1.29, 1.82) is 0 Å². The number of benzene rings is 1. The summed E-state index contributed by atoms with van der Waals surface area (Å²) in [6.07, 6.45) is 8.00. The van der Waals surface area contributed by atoms with Gasteiger partial charge in [0.15, 0.2) is 0 Å². The van der Waals surface area contributed by atoms with Crippen LogP contribution in [0, 0.1) is 6.92 Å². The van der Waals surface area contributed by atoms with Crippen molar-refractivity contribution in [1.82, 2.24) is 9.97 Å². The molecule has 0 spiro atoms. The number of nitrogens with zero attached hydrogens (tertiary/aromatic N) is 2. The summed E-state index contributed by atoms with van der Waals surface area (Å²) in [4.78, 5) is 8.52. The molecule has 3 nitrogen and oxygen atoms in total. The molecule has 2 aromatic heterocycles. The molecule has 110 valence electrons. The van der Waals surface area contributed by atoms with Crippen molar-refractivity contribution in [2.24, 2.45) is 0 Å². The van der Waals surface area contributed by atoms with Crippen LogP contribution in [-0.2, 0) is 5.41 Å². The highest BCUT2D eigenvalue weighted by atomic mass is 14.9. The van der Waals surface area contributed by atoms with E-state index in [0.717, 1.165) is 23.1 Å². The first-order valence-corrected chi connectivity index (χ1v) is 7.77. The minimum absolute atomic E-state index is 0.300. The minimum atomic E-state index is 0.300. The fourth-order valence-corrected chi connectivity index (χ4v) is 3.28. The number of hydrogen-bond donors (Lipinski definition) is 1. The molecule has 0 amide bonds. The lowest BCUT2D eigenvalue weighted by Gasteiger charge is -2.20. The fraction of sp³-hybridized carbons (Fsp3) is 0.263. The van der Waals surface area contributed by atoms with Crippen molar-refractivity contribution in [3.63, 3.8) is 0 Å². The summed E-state index contributed by atoms with van der Waals surface area (Å²) >= 11 is 0. The molecule has 1 aliphatic carbocycles. The Morgan fingerprint density at radius 2 is 1.95 bits per heavy atom. The molecule has 1 fully saturated rings. The van der Waals surface area contributed by atoms with Gasteiger partial charge in [-0.1, -0.05) is 24.3 Å². The van der Waals surface area contributed by atoms with Gasteiger partial charge in [0.25, 0.3) is 0 Å². The Hall–Kier alpha value is -2.42. The summed E-state index contributed by atoms with van der Waals surface area (Å²) in [6, 6.07) is 12.8. The van der Waals surface area contributed by atoms with Gasteiger partial charge in [0, 0.05) is 35.4 Å². The average molecular weight is 289 g/mol. The molecule has 2 heterocycles. The molecule has 0 aliphatic heterocycles. The molecule has 22 heavy (non-hydrogen) atoms. The Morgan fingerprint density at radius 1 is 1.09 bits per heavy atom. The maximum atomic E-state index is 4.37. The summed E-state index contributed by atoms with van der Waals surface area (Å²) in [5, 5.41) is 4.79. The first-order valence-electron chi connectivity index (χ1n) is 7.77. The zero-order chi connectivity index (χ0) is 15.0. The SMILES string of the molecule is Cc1ccccc1C1(CNc2ccnc3cnccc23)CC1. The van der Waals surface area contributed by atoms with Crippen molar-refractivity contribution in [3.05, 3.63) is 66.1 Å². The second-order valence-electron chi connectivity index (χ2n) is 6.20. The van der Waals surface area contributed by atoms with Gasteiger partial charge in [-0.2, -0.15) is 0 Å². The summed E-state index contributed by atoms with van der Waals surface area (Å²) in [7, 11) is 0. The Labute approximate surface area is 130 Å². The predicted molar refractivity (Wildman–Crippen MR) is 90.1 cm³/mol. The molecule has 1 N–H and O–H groups in total. The highest BCUT2D eigenvalue weighted by Crippen LogP contribution is 2.49. The van der Waals surface area contributed by atoms with Crippen LogP contribution >= 0.6 is 0 Å². The number of aromatic nitrogens is 2. The van der Waals surface area contributed by atoms with E-state index in [-0.39, 0.29) is 0 Å². The van der Waals surface area contributed by atoms with E-state index in [1.54, 1.807) is 0 Å². The summed E-state index contributed by atoms with van der Waals surface area (Å²) in [5.41, 5.74) is 5.27. The van der Waals surface area contributed by atoms with E-state index in [1.807, 2.05) is 24.7 Å². The Morgan fingerprint density at radius 3 is 2.77 bits per heavy atom. The Bertz CT molecular complexity index is 816. The summed E-state index contributed by atoms with van der Waals surface area (Å²) in [5.74, 6) is 0. The van der Waals surface area contributed by atoms with Gasteiger partial charge in [-0.15, -0.1) is 0 Å². The van der Waals surface area contributed by atoms with E-state index < -0.39 is 0 Å². The second-order valence-corrected chi connectivity index (χ2v) is 6.20. The molecule has 1 saturated carbocycles. The van der Waals surface area contributed by atoms with Crippen molar-refractivity contribution in [2.75, 3.05) is 11.9 Å². The third kappa shape index (κ3) is 2.23. The van der Waals surface area contributed by atoms with Gasteiger partial charge < -0.3 is 5.32 Å². The van der Waals surface area contributed by atoms with Crippen LogP contribution in [0.15, 0.2) is 55.0 Å². The van der Waals surface area contributed by atoms with E-state index >= 15 is 0 Å². The standard InChI is InChI=1S/C19H19N3/c1-14-4-2-3-5-16(14)19(8-9-19)13-22-17-7-11-21-18-12-20-10-6-15(17)18/h2-7,10-12H,8-9,13H2,1H3,(H,21,22). The number of aryl methyl sites for hydroxylation is 1. The monoisotopic (exact) mass is 289 g/mol. The fourth-order valence-electron chi connectivity index (χ4n) is 3.28. The lowest BCUT2D eigenvalue weighted by atomic mass is 9.92. The lowest BCUT2D eigenvalue weighted by molar-refractivity contribution is 0.727. The number of nitrogens with one attached hydrogen (secondary N) is 1. The third-order valence-electron chi connectivity index (χ3n) is 4.73.